The summed E-state index contributed by atoms with van der Waals surface area (Å²) >= 11 is 12.6. The summed E-state index contributed by atoms with van der Waals surface area (Å²) in [5.41, 5.74) is 1.81. The number of benzene rings is 3. The van der Waals surface area contributed by atoms with Crippen molar-refractivity contribution in [3.63, 3.8) is 0 Å². The first-order chi connectivity index (χ1) is 27.7. The number of hydrogen-bond acceptors (Lipinski definition) is 9. The second-order valence-electron chi connectivity index (χ2n) is 14.6. The van der Waals surface area contributed by atoms with Gasteiger partial charge in [0, 0.05) is 28.3 Å². The second kappa shape index (κ2) is 14.7. The van der Waals surface area contributed by atoms with Crippen LogP contribution in [0.1, 0.15) is 52.7 Å². The number of carbonyl (C=O) groups excluding carboxylic acids is 5. The van der Waals surface area contributed by atoms with Crippen molar-refractivity contribution in [2.75, 3.05) is 23.5 Å². The SMILES string of the molecule is CC(=O)c1ccc(N2C(=O)[C@H]3[C@H](CC=C4[C@H]3C[C@H]3C(=O)N(Nc5ncc(C(F)(F)F)cc5Cl)C(=O)[C@@]3(c3ccc(Cl)cc3)[C@H]4c3ccccc3OCCO)C2=O)cc1. The van der Waals surface area contributed by atoms with Crippen molar-refractivity contribution in [2.45, 2.75) is 37.3 Å². The van der Waals surface area contributed by atoms with E-state index in [9.17, 15) is 37.5 Å². The number of rotatable bonds is 9. The molecular formula is C42H33Cl2F3N4O7. The van der Waals surface area contributed by atoms with Gasteiger partial charge >= 0.3 is 6.18 Å². The third-order valence-electron chi connectivity index (χ3n) is 11.7. The third kappa shape index (κ3) is 6.16. The first kappa shape index (κ1) is 39.3. The molecule has 8 rings (SSSR count). The molecule has 0 unspecified atom stereocenters. The number of para-hydroxylation sites is 1. The minimum atomic E-state index is -4.77. The lowest BCUT2D eigenvalue weighted by Gasteiger charge is -2.50. The first-order valence-electron chi connectivity index (χ1n) is 18.3. The van der Waals surface area contributed by atoms with Crippen LogP contribution in [-0.2, 0) is 30.8 Å². The van der Waals surface area contributed by atoms with E-state index in [2.05, 4.69) is 10.4 Å². The molecule has 2 saturated heterocycles. The van der Waals surface area contributed by atoms with Gasteiger partial charge in [-0.1, -0.05) is 65.2 Å². The van der Waals surface area contributed by atoms with E-state index < -0.39 is 75.4 Å². The van der Waals surface area contributed by atoms with Crippen molar-refractivity contribution in [1.29, 1.82) is 0 Å². The van der Waals surface area contributed by atoms with Gasteiger partial charge in [0.2, 0.25) is 11.8 Å². The smallest absolute Gasteiger partial charge is 0.417 e. The van der Waals surface area contributed by atoms with E-state index in [0.29, 0.717) is 44.6 Å². The number of aliphatic hydroxyl groups excluding tert-OH is 1. The summed E-state index contributed by atoms with van der Waals surface area (Å²) in [4.78, 5) is 76.0. The summed E-state index contributed by atoms with van der Waals surface area (Å²) in [6, 6.07) is 20.0. The Bertz CT molecular complexity index is 2410. The van der Waals surface area contributed by atoms with Crippen molar-refractivity contribution in [1.82, 2.24) is 9.99 Å². The molecule has 1 saturated carbocycles. The van der Waals surface area contributed by atoms with Crippen LogP contribution in [0.15, 0.2) is 96.7 Å². The standard InChI is InChI=1S/C42H33Cl2F3N4O7/c1-21(53)22-6-12-26(13-7-22)50-37(54)29-15-14-27-30(34(29)39(50)56)19-31-38(55)51(49-36-32(44)18-24(20-48-36)42(45,46)47)40(57)41(31,23-8-10-25(43)11-9-23)35(27)28-4-2-3-5-33(28)58-17-16-52/h2-14,18,20,29-31,34-35,52H,15-17,19H2,1H3,(H,48,49)/t29-,30+,31-,34-,35+,41+/m0/s1. The highest BCUT2D eigenvalue weighted by molar-refractivity contribution is 6.33. The van der Waals surface area contributed by atoms with Gasteiger partial charge in [-0.25, -0.2) is 4.98 Å². The molecule has 11 nitrogen and oxygen atoms in total. The average Bonchev–Trinajstić information content (AvgIpc) is 3.58. The Morgan fingerprint density at radius 3 is 2.33 bits per heavy atom. The molecule has 2 aliphatic carbocycles. The number of hydrogen-bond donors (Lipinski definition) is 2. The molecule has 3 fully saturated rings. The van der Waals surface area contributed by atoms with Crippen LogP contribution >= 0.6 is 23.2 Å². The number of aliphatic hydroxyl groups is 1. The zero-order chi connectivity index (χ0) is 41.3. The van der Waals surface area contributed by atoms with Gasteiger partial charge in [0.05, 0.1) is 46.0 Å². The van der Waals surface area contributed by atoms with Crippen LogP contribution in [0.5, 0.6) is 5.75 Å². The highest BCUT2D eigenvalue weighted by Crippen LogP contribution is 2.65. The highest BCUT2D eigenvalue weighted by Gasteiger charge is 2.70. The number of halogens is 5. The molecule has 16 heteroatoms. The fourth-order valence-electron chi connectivity index (χ4n) is 9.23. The number of ether oxygens (including phenoxy) is 1. The number of anilines is 2. The van der Waals surface area contributed by atoms with Gasteiger partial charge < -0.3 is 9.84 Å². The average molecular weight is 834 g/mol. The predicted molar refractivity (Wildman–Crippen MR) is 205 cm³/mol. The zero-order valence-corrected chi connectivity index (χ0v) is 32.0. The molecule has 298 valence electrons. The number of nitrogens with zero attached hydrogens (tertiary/aromatic N) is 3. The third-order valence-corrected chi connectivity index (χ3v) is 12.2. The van der Waals surface area contributed by atoms with Gasteiger partial charge in [0.15, 0.2) is 11.6 Å². The molecule has 4 aliphatic rings. The number of ketones is 1. The number of aromatic nitrogens is 1. The van der Waals surface area contributed by atoms with Crippen molar-refractivity contribution in [3.8, 4) is 5.75 Å². The predicted octanol–water partition coefficient (Wildman–Crippen LogP) is 7.17. The lowest BCUT2D eigenvalue weighted by atomic mass is 9.49. The fourth-order valence-corrected chi connectivity index (χ4v) is 9.57. The van der Waals surface area contributed by atoms with Gasteiger partial charge in [-0.05, 0) is 79.8 Å². The van der Waals surface area contributed by atoms with Crippen molar-refractivity contribution < 1.29 is 47.0 Å². The van der Waals surface area contributed by atoms with Crippen LogP contribution in [0.4, 0.5) is 24.7 Å². The summed E-state index contributed by atoms with van der Waals surface area (Å²) in [5.74, 6) is -7.58. The largest absolute Gasteiger partial charge is 0.491 e. The van der Waals surface area contributed by atoms with E-state index in [1.54, 1.807) is 48.5 Å². The van der Waals surface area contributed by atoms with Crippen LogP contribution in [0.25, 0.3) is 0 Å². The van der Waals surface area contributed by atoms with Crippen molar-refractivity contribution in [2.24, 2.45) is 23.7 Å². The Morgan fingerprint density at radius 2 is 1.67 bits per heavy atom. The number of fused-ring (bicyclic) bond motifs is 4. The Kier molecular flexibility index (Phi) is 9.93. The maximum atomic E-state index is 15.4. The van der Waals surface area contributed by atoms with Gasteiger partial charge in [-0.3, -0.25) is 34.3 Å². The lowest BCUT2D eigenvalue weighted by Crippen LogP contribution is -2.53. The number of hydrazine groups is 1. The second-order valence-corrected chi connectivity index (χ2v) is 15.5. The molecule has 4 amide bonds. The molecule has 4 aromatic rings. The Morgan fingerprint density at radius 1 is 0.966 bits per heavy atom. The molecule has 1 aromatic heterocycles. The molecule has 0 bridgehead atoms. The minimum absolute atomic E-state index is 0.0845. The van der Waals surface area contributed by atoms with E-state index in [1.807, 2.05) is 6.08 Å². The Hall–Kier alpha value is -5.57. The topological polar surface area (TPSA) is 146 Å². The molecule has 3 heterocycles. The molecule has 2 aliphatic heterocycles. The Balaban J connectivity index is 1.31. The molecule has 58 heavy (non-hydrogen) atoms. The van der Waals surface area contributed by atoms with Crippen LogP contribution in [-0.4, -0.2) is 57.7 Å². The van der Waals surface area contributed by atoms with E-state index in [0.717, 1.165) is 4.90 Å². The highest BCUT2D eigenvalue weighted by atomic mass is 35.5. The number of amides is 4. The summed E-state index contributed by atoms with van der Waals surface area (Å²) in [5, 5.41) is 10.3. The molecule has 6 atom stereocenters. The number of imide groups is 2. The maximum absolute atomic E-state index is 15.4. The van der Waals surface area contributed by atoms with E-state index in [1.165, 1.54) is 31.2 Å². The van der Waals surface area contributed by atoms with E-state index in [4.69, 9.17) is 27.9 Å². The van der Waals surface area contributed by atoms with Gasteiger partial charge in [-0.15, -0.1) is 0 Å². The lowest BCUT2D eigenvalue weighted by molar-refractivity contribution is -0.139. The number of pyridine rings is 1. The van der Waals surface area contributed by atoms with Gasteiger partial charge in [0.1, 0.15) is 12.4 Å². The monoisotopic (exact) mass is 832 g/mol. The van der Waals surface area contributed by atoms with E-state index >= 15 is 4.79 Å². The van der Waals surface area contributed by atoms with Gasteiger partial charge in [0.25, 0.3) is 11.8 Å². The normalized spacial score (nSPS) is 25.3. The molecule has 2 N–H and O–H groups in total. The molecular weight excluding hydrogens is 800 g/mol. The summed E-state index contributed by atoms with van der Waals surface area (Å²) in [6.07, 6.45) is -2.35. The summed E-state index contributed by atoms with van der Waals surface area (Å²) in [7, 11) is 0. The van der Waals surface area contributed by atoms with Crippen LogP contribution < -0.4 is 15.1 Å². The summed E-state index contributed by atoms with van der Waals surface area (Å²) in [6.45, 7) is 0.950. The van der Waals surface area contributed by atoms with Crippen molar-refractivity contribution >= 4 is 64.1 Å². The van der Waals surface area contributed by atoms with Gasteiger partial charge in [-0.2, -0.15) is 18.2 Å². The zero-order valence-electron chi connectivity index (χ0n) is 30.5. The van der Waals surface area contributed by atoms with Crippen LogP contribution in [0.3, 0.4) is 0 Å². The number of allylic oxidation sites excluding steroid dienone is 2. The molecule has 3 aromatic carbocycles. The molecule has 0 spiro atoms. The Labute approximate surface area is 339 Å². The van der Waals surface area contributed by atoms with Crippen LogP contribution in [0.2, 0.25) is 10.0 Å². The van der Waals surface area contributed by atoms with Crippen LogP contribution in [0, 0.1) is 23.7 Å². The number of Topliss-reactive ketones (excluding diaryl/α,β-unsaturated/α-hetero) is 1. The minimum Gasteiger partial charge on any atom is -0.491 e. The first-order valence-corrected chi connectivity index (χ1v) is 19.1. The number of nitrogens with one attached hydrogen (secondary N) is 1. The maximum Gasteiger partial charge on any atom is 0.417 e. The number of carbonyl (C=O) groups is 5. The summed E-state index contributed by atoms with van der Waals surface area (Å²) < 4.78 is 46.6. The molecule has 0 radical (unpaired) electrons. The van der Waals surface area contributed by atoms with E-state index in [-0.39, 0.29) is 49.1 Å². The van der Waals surface area contributed by atoms with Crippen molar-refractivity contribution in [3.05, 3.63) is 129 Å². The number of alkyl halides is 3. The fraction of sp³-hybridized carbons (Fsp3) is 0.286. The quantitative estimate of drug-likeness (QED) is 0.102.